The van der Waals surface area contributed by atoms with Gasteiger partial charge in [-0.1, -0.05) is 48.5 Å². The number of rotatable bonds is 4. The number of urea groups is 1. The Labute approximate surface area is 165 Å². The van der Waals surface area contributed by atoms with Crippen LogP contribution in [0.3, 0.4) is 0 Å². The summed E-state index contributed by atoms with van der Waals surface area (Å²) in [7, 11) is 0. The number of amides is 3. The van der Waals surface area contributed by atoms with E-state index in [9.17, 15) is 9.59 Å². The zero-order chi connectivity index (χ0) is 19.1. The van der Waals surface area contributed by atoms with Crippen LogP contribution in [0.4, 0.5) is 4.79 Å². The van der Waals surface area contributed by atoms with Crippen LogP contribution in [-0.2, 0) is 29.7 Å². The van der Waals surface area contributed by atoms with Crippen molar-refractivity contribution in [1.82, 2.24) is 15.1 Å². The summed E-state index contributed by atoms with van der Waals surface area (Å²) in [4.78, 5) is 29.6. The van der Waals surface area contributed by atoms with E-state index in [-0.39, 0.29) is 11.9 Å². The van der Waals surface area contributed by atoms with Gasteiger partial charge in [0.2, 0.25) is 0 Å². The number of fused-ring (bicyclic) bond motifs is 3. The molecule has 0 bridgehead atoms. The van der Waals surface area contributed by atoms with E-state index in [0.717, 1.165) is 44.5 Å². The molecular weight excluding hydrogens is 350 g/mol. The Kier molecular flexibility index (Phi) is 4.20. The maximum Gasteiger partial charge on any atom is 0.325 e. The first-order valence-corrected chi connectivity index (χ1v) is 10.2. The molecule has 144 valence electrons. The smallest absolute Gasteiger partial charge is 0.319 e. The highest BCUT2D eigenvalue weighted by molar-refractivity contribution is 6.08. The average Bonchev–Trinajstić information content (AvgIpc) is 3.21. The summed E-state index contributed by atoms with van der Waals surface area (Å²) < 4.78 is 0. The molecule has 28 heavy (non-hydrogen) atoms. The number of imide groups is 1. The zero-order valence-electron chi connectivity index (χ0n) is 16.0. The van der Waals surface area contributed by atoms with Crippen molar-refractivity contribution in [3.05, 3.63) is 70.8 Å². The van der Waals surface area contributed by atoms with E-state index in [1.165, 1.54) is 21.6 Å². The summed E-state index contributed by atoms with van der Waals surface area (Å²) in [6.07, 6.45) is 3.37. The highest BCUT2D eigenvalue weighted by Crippen LogP contribution is 2.41. The highest BCUT2D eigenvalue weighted by atomic mass is 16.2. The summed E-state index contributed by atoms with van der Waals surface area (Å²) in [5, 5.41) is 3.01. The van der Waals surface area contributed by atoms with Gasteiger partial charge in [0.05, 0.1) is 0 Å². The van der Waals surface area contributed by atoms with Crippen molar-refractivity contribution in [1.29, 1.82) is 0 Å². The molecule has 5 heteroatoms. The number of hydrogen-bond donors (Lipinski definition) is 1. The van der Waals surface area contributed by atoms with Gasteiger partial charge in [-0.2, -0.15) is 0 Å². The molecule has 2 aliphatic heterocycles. The van der Waals surface area contributed by atoms with Gasteiger partial charge in [0.15, 0.2) is 0 Å². The lowest BCUT2D eigenvalue weighted by Gasteiger charge is -2.29. The Morgan fingerprint density at radius 3 is 2.50 bits per heavy atom. The normalized spacial score (nSPS) is 23.8. The second kappa shape index (κ2) is 6.74. The molecule has 1 fully saturated rings. The van der Waals surface area contributed by atoms with Gasteiger partial charge >= 0.3 is 6.03 Å². The van der Waals surface area contributed by atoms with Gasteiger partial charge in [0.25, 0.3) is 5.91 Å². The molecule has 1 N–H and O–H groups in total. The van der Waals surface area contributed by atoms with Crippen LogP contribution in [0, 0.1) is 0 Å². The number of nitrogens with one attached hydrogen (secondary N) is 1. The first-order chi connectivity index (χ1) is 13.7. The minimum atomic E-state index is -0.836. The lowest BCUT2D eigenvalue weighted by molar-refractivity contribution is -0.131. The van der Waals surface area contributed by atoms with Crippen molar-refractivity contribution >= 4 is 11.9 Å². The molecule has 5 rings (SSSR count). The molecule has 5 nitrogen and oxygen atoms in total. The average molecular weight is 375 g/mol. The molecule has 2 aromatic carbocycles. The summed E-state index contributed by atoms with van der Waals surface area (Å²) in [5.41, 5.74) is 4.14. The Balaban J connectivity index is 1.23. The van der Waals surface area contributed by atoms with Crippen LogP contribution in [0.5, 0.6) is 0 Å². The largest absolute Gasteiger partial charge is 0.325 e. The first kappa shape index (κ1) is 17.4. The number of nitrogens with zero attached hydrogens (tertiary/aromatic N) is 2. The lowest BCUT2D eigenvalue weighted by Crippen LogP contribution is -2.42. The monoisotopic (exact) mass is 375 g/mol. The third kappa shape index (κ3) is 2.73. The fourth-order valence-electron chi connectivity index (χ4n) is 4.99. The Morgan fingerprint density at radius 2 is 1.64 bits per heavy atom. The number of carbonyl (C=O) groups is 2. The minimum absolute atomic E-state index is 0.0774. The molecule has 1 aliphatic carbocycles. The SMILES string of the molecule is O=C1NC2(CCc3ccccc32)C(=O)N1CCCN1CCc2ccccc2C1. The van der Waals surface area contributed by atoms with Gasteiger partial charge in [-0.25, -0.2) is 4.79 Å². The van der Waals surface area contributed by atoms with Crippen molar-refractivity contribution < 1.29 is 9.59 Å². The fraction of sp³-hybridized carbons (Fsp3) is 0.391. The van der Waals surface area contributed by atoms with Crippen molar-refractivity contribution in [2.75, 3.05) is 19.6 Å². The van der Waals surface area contributed by atoms with Crippen molar-refractivity contribution in [3.63, 3.8) is 0 Å². The third-order valence-corrected chi connectivity index (χ3v) is 6.49. The number of carbonyl (C=O) groups excluding carboxylic acids is 2. The van der Waals surface area contributed by atoms with Crippen LogP contribution >= 0.6 is 0 Å². The molecule has 1 saturated heterocycles. The summed E-state index contributed by atoms with van der Waals surface area (Å²) >= 11 is 0. The van der Waals surface area contributed by atoms with E-state index in [1.807, 2.05) is 18.2 Å². The molecule has 1 atom stereocenters. The zero-order valence-corrected chi connectivity index (χ0v) is 16.0. The predicted molar refractivity (Wildman–Crippen MR) is 107 cm³/mol. The number of hydrogen-bond acceptors (Lipinski definition) is 3. The first-order valence-electron chi connectivity index (χ1n) is 10.2. The van der Waals surface area contributed by atoms with Gasteiger partial charge in [-0.15, -0.1) is 0 Å². The van der Waals surface area contributed by atoms with Crippen LogP contribution in [0.2, 0.25) is 0 Å². The van der Waals surface area contributed by atoms with E-state index in [2.05, 4.69) is 40.5 Å². The molecule has 3 aliphatic rings. The Morgan fingerprint density at radius 1 is 0.893 bits per heavy atom. The lowest BCUT2D eigenvalue weighted by atomic mass is 9.92. The highest BCUT2D eigenvalue weighted by Gasteiger charge is 2.54. The maximum absolute atomic E-state index is 13.2. The summed E-state index contributed by atoms with van der Waals surface area (Å²) in [6.45, 7) is 3.36. The molecule has 0 radical (unpaired) electrons. The second-order valence-electron chi connectivity index (χ2n) is 8.10. The number of aryl methyl sites for hydroxylation is 1. The molecular formula is C23H25N3O2. The molecule has 2 heterocycles. The van der Waals surface area contributed by atoms with Crippen LogP contribution in [-0.4, -0.2) is 41.4 Å². The minimum Gasteiger partial charge on any atom is -0.319 e. The van der Waals surface area contributed by atoms with Crippen LogP contribution in [0.15, 0.2) is 48.5 Å². The molecule has 1 unspecified atom stereocenters. The van der Waals surface area contributed by atoms with Crippen LogP contribution in [0.25, 0.3) is 0 Å². The Hall–Kier alpha value is -2.66. The molecule has 3 amide bonds. The standard InChI is InChI=1S/C23H25N3O2/c27-21-23(12-10-18-7-3-4-9-20(18)23)24-22(28)26(21)14-5-13-25-15-11-17-6-1-2-8-19(17)16-25/h1-4,6-9H,5,10-16H2,(H,24,28). The third-order valence-electron chi connectivity index (χ3n) is 6.49. The maximum atomic E-state index is 13.2. The van der Waals surface area contributed by atoms with Gasteiger partial charge in [0, 0.05) is 26.2 Å². The fourth-order valence-corrected chi connectivity index (χ4v) is 4.99. The molecule has 0 saturated carbocycles. The van der Waals surface area contributed by atoms with Crippen molar-refractivity contribution in [2.45, 2.75) is 37.8 Å². The Bertz CT molecular complexity index is 941. The second-order valence-corrected chi connectivity index (χ2v) is 8.10. The van der Waals surface area contributed by atoms with Crippen molar-refractivity contribution in [2.24, 2.45) is 0 Å². The molecule has 0 aromatic heterocycles. The van der Waals surface area contributed by atoms with Gasteiger partial charge in [0.1, 0.15) is 5.54 Å². The molecule has 1 spiro atoms. The van der Waals surface area contributed by atoms with Crippen LogP contribution in [0.1, 0.15) is 35.1 Å². The van der Waals surface area contributed by atoms with Gasteiger partial charge in [-0.05, 0) is 47.9 Å². The van der Waals surface area contributed by atoms with Crippen LogP contribution < -0.4 is 5.32 Å². The van der Waals surface area contributed by atoms with E-state index < -0.39 is 5.54 Å². The van der Waals surface area contributed by atoms with E-state index in [0.29, 0.717) is 13.0 Å². The number of benzene rings is 2. The van der Waals surface area contributed by atoms with Gasteiger partial charge in [-0.3, -0.25) is 14.6 Å². The van der Waals surface area contributed by atoms with E-state index in [1.54, 1.807) is 0 Å². The summed E-state index contributed by atoms with van der Waals surface area (Å²) in [5.74, 6) is -0.0774. The van der Waals surface area contributed by atoms with E-state index in [4.69, 9.17) is 0 Å². The van der Waals surface area contributed by atoms with E-state index >= 15 is 0 Å². The predicted octanol–water partition coefficient (Wildman–Crippen LogP) is 2.83. The van der Waals surface area contributed by atoms with Gasteiger partial charge < -0.3 is 5.32 Å². The quantitative estimate of drug-likeness (QED) is 0.836. The molecule has 2 aromatic rings. The van der Waals surface area contributed by atoms with Crippen molar-refractivity contribution in [3.8, 4) is 0 Å². The summed E-state index contributed by atoms with van der Waals surface area (Å²) in [6, 6.07) is 16.3. The topological polar surface area (TPSA) is 52.7 Å².